The minimum Gasteiger partial charge on any atom is -0.0651 e. The Labute approximate surface area is 95.8 Å². The number of hydrogen-bond donors (Lipinski definition) is 0. The molecule has 0 aromatic carbocycles. The molecule has 15 heavy (non-hydrogen) atoms. The van der Waals surface area contributed by atoms with Crippen LogP contribution in [-0.2, 0) is 0 Å². The maximum absolute atomic E-state index is 2.51. The lowest BCUT2D eigenvalue weighted by molar-refractivity contribution is 0.237. The molecule has 0 aliphatic heterocycles. The highest BCUT2D eigenvalue weighted by atomic mass is 14.6. The summed E-state index contributed by atoms with van der Waals surface area (Å²) in [6, 6.07) is 0. The van der Waals surface area contributed by atoms with Gasteiger partial charge in [0.25, 0.3) is 0 Å². The molecule has 0 spiro atoms. The van der Waals surface area contributed by atoms with E-state index in [1.165, 1.54) is 12.8 Å². The third-order valence-corrected chi connectivity index (χ3v) is 5.66. The predicted molar refractivity (Wildman–Crippen MR) is 66.7 cm³/mol. The first kappa shape index (κ1) is 11.5. The van der Waals surface area contributed by atoms with E-state index in [0.717, 1.165) is 41.4 Å². The summed E-state index contributed by atoms with van der Waals surface area (Å²) in [5, 5.41) is 0. The van der Waals surface area contributed by atoms with Crippen LogP contribution in [0.2, 0.25) is 0 Å². The van der Waals surface area contributed by atoms with Gasteiger partial charge < -0.3 is 0 Å². The van der Waals surface area contributed by atoms with Crippen molar-refractivity contribution in [2.24, 2.45) is 41.4 Å². The Bertz CT molecular complexity index is 220. The van der Waals surface area contributed by atoms with Crippen molar-refractivity contribution in [3.05, 3.63) is 0 Å². The molecule has 0 aromatic rings. The van der Waals surface area contributed by atoms with Crippen molar-refractivity contribution in [2.75, 3.05) is 0 Å². The minimum atomic E-state index is 0.915. The Balaban J connectivity index is 1.80. The highest BCUT2D eigenvalue weighted by Gasteiger charge is 2.53. The summed E-state index contributed by atoms with van der Waals surface area (Å²) in [5.41, 5.74) is 0. The van der Waals surface area contributed by atoms with E-state index >= 15 is 0 Å². The van der Waals surface area contributed by atoms with Crippen LogP contribution in [0.3, 0.4) is 0 Å². The average molecular weight is 208 g/mol. The largest absolute Gasteiger partial charge is 0.0651 e. The van der Waals surface area contributed by atoms with Gasteiger partial charge in [-0.25, -0.2) is 0 Å². The first-order chi connectivity index (χ1) is 7.06. The molecule has 2 saturated carbocycles. The van der Waals surface area contributed by atoms with Crippen LogP contribution in [0, 0.1) is 41.4 Å². The van der Waals surface area contributed by atoms with Crippen molar-refractivity contribution < 1.29 is 0 Å². The molecule has 0 radical (unpaired) electrons. The van der Waals surface area contributed by atoms with Crippen molar-refractivity contribution in [1.29, 1.82) is 0 Å². The van der Waals surface area contributed by atoms with Crippen molar-refractivity contribution in [2.45, 2.75) is 53.9 Å². The fraction of sp³-hybridized carbons (Fsp3) is 1.00. The maximum Gasteiger partial charge on any atom is -0.0349 e. The summed E-state index contributed by atoms with van der Waals surface area (Å²) in [6.45, 7) is 12.2. The van der Waals surface area contributed by atoms with Crippen LogP contribution >= 0.6 is 0 Å². The second-order valence-corrected chi connectivity index (χ2v) is 6.54. The zero-order valence-corrected chi connectivity index (χ0v) is 11.2. The van der Waals surface area contributed by atoms with E-state index < -0.39 is 0 Å². The highest BCUT2D eigenvalue weighted by molar-refractivity contribution is 5.02. The van der Waals surface area contributed by atoms with Gasteiger partial charge in [0.2, 0.25) is 0 Å². The number of rotatable bonds is 5. The van der Waals surface area contributed by atoms with Crippen LogP contribution < -0.4 is 0 Å². The Morgan fingerprint density at radius 3 is 2.13 bits per heavy atom. The fourth-order valence-electron chi connectivity index (χ4n) is 3.56. The average Bonchev–Trinajstić information content (AvgIpc) is 3.09. The van der Waals surface area contributed by atoms with Crippen molar-refractivity contribution in [3.63, 3.8) is 0 Å². The van der Waals surface area contributed by atoms with Gasteiger partial charge in [0, 0.05) is 0 Å². The molecule has 0 nitrogen and oxygen atoms in total. The summed E-state index contributed by atoms with van der Waals surface area (Å²) in [6.07, 6.45) is 4.44. The molecule has 0 heterocycles. The van der Waals surface area contributed by atoms with Crippen LogP contribution in [0.1, 0.15) is 53.9 Å². The molecule has 7 atom stereocenters. The van der Waals surface area contributed by atoms with Gasteiger partial charge in [0.05, 0.1) is 0 Å². The monoisotopic (exact) mass is 208 g/mol. The second-order valence-electron chi connectivity index (χ2n) is 6.54. The summed E-state index contributed by atoms with van der Waals surface area (Å²) >= 11 is 0. The van der Waals surface area contributed by atoms with Crippen molar-refractivity contribution >= 4 is 0 Å². The standard InChI is InChI=1S/C15H28/c1-6-9(2)11(4)12(5)14-8-15(14)13-7-10(13)3/h9-15H,6-8H2,1-5H3. The predicted octanol–water partition coefficient (Wildman–Crippen LogP) is 4.60. The SMILES string of the molecule is CCC(C)C(C)C(C)C1CC1C1CC1C. The van der Waals surface area contributed by atoms with E-state index in [1.807, 2.05) is 0 Å². The number of hydrogen-bond acceptors (Lipinski definition) is 0. The van der Waals surface area contributed by atoms with Gasteiger partial charge in [0.1, 0.15) is 0 Å². The molecule has 0 amide bonds. The molecule has 2 aliphatic carbocycles. The van der Waals surface area contributed by atoms with Gasteiger partial charge in [-0.2, -0.15) is 0 Å². The fourth-order valence-corrected chi connectivity index (χ4v) is 3.56. The van der Waals surface area contributed by atoms with Crippen LogP contribution in [-0.4, -0.2) is 0 Å². The molecule has 0 bridgehead atoms. The Kier molecular flexibility index (Phi) is 3.14. The maximum atomic E-state index is 2.51. The van der Waals surface area contributed by atoms with E-state index in [2.05, 4.69) is 34.6 Å². The highest BCUT2D eigenvalue weighted by Crippen LogP contribution is 2.61. The Hall–Kier alpha value is 0. The molecule has 0 aromatic heterocycles. The second kappa shape index (κ2) is 4.11. The molecule has 0 saturated heterocycles. The summed E-state index contributed by atoms with van der Waals surface area (Å²) in [5.74, 6) is 7.22. The topological polar surface area (TPSA) is 0 Å². The van der Waals surface area contributed by atoms with Gasteiger partial charge in [-0.1, -0.05) is 41.0 Å². The molecular formula is C15H28. The summed E-state index contributed by atoms with van der Waals surface area (Å²) in [4.78, 5) is 0. The van der Waals surface area contributed by atoms with E-state index in [0.29, 0.717) is 0 Å². The zero-order valence-electron chi connectivity index (χ0n) is 11.2. The Morgan fingerprint density at radius 2 is 1.67 bits per heavy atom. The van der Waals surface area contributed by atoms with Gasteiger partial charge in [-0.05, 0) is 54.3 Å². The molecule has 0 N–H and O–H groups in total. The molecular weight excluding hydrogens is 180 g/mol. The summed E-state index contributed by atoms with van der Waals surface area (Å²) < 4.78 is 0. The van der Waals surface area contributed by atoms with Gasteiger partial charge in [-0.15, -0.1) is 0 Å². The molecule has 2 rings (SSSR count). The van der Waals surface area contributed by atoms with E-state index in [-0.39, 0.29) is 0 Å². The molecule has 0 heteroatoms. The van der Waals surface area contributed by atoms with Gasteiger partial charge in [-0.3, -0.25) is 0 Å². The first-order valence-electron chi connectivity index (χ1n) is 7.06. The molecule has 2 aliphatic rings. The van der Waals surface area contributed by atoms with Crippen LogP contribution in [0.15, 0.2) is 0 Å². The lowest BCUT2D eigenvalue weighted by atomic mass is 9.80. The quantitative estimate of drug-likeness (QED) is 0.619. The third-order valence-electron chi connectivity index (χ3n) is 5.66. The van der Waals surface area contributed by atoms with Crippen LogP contribution in [0.25, 0.3) is 0 Å². The van der Waals surface area contributed by atoms with Crippen molar-refractivity contribution in [1.82, 2.24) is 0 Å². The lowest BCUT2D eigenvalue weighted by Gasteiger charge is -2.25. The first-order valence-corrected chi connectivity index (χ1v) is 7.06. The summed E-state index contributed by atoms with van der Waals surface area (Å²) in [7, 11) is 0. The molecule has 7 unspecified atom stereocenters. The van der Waals surface area contributed by atoms with Gasteiger partial charge >= 0.3 is 0 Å². The van der Waals surface area contributed by atoms with Crippen LogP contribution in [0.4, 0.5) is 0 Å². The minimum absolute atomic E-state index is 0.915. The Morgan fingerprint density at radius 1 is 1.07 bits per heavy atom. The normalized spacial score (nSPS) is 44.6. The molecule has 88 valence electrons. The smallest absolute Gasteiger partial charge is 0.0349 e. The third kappa shape index (κ3) is 2.24. The van der Waals surface area contributed by atoms with E-state index in [9.17, 15) is 0 Å². The molecule has 2 fully saturated rings. The van der Waals surface area contributed by atoms with E-state index in [1.54, 1.807) is 6.42 Å². The lowest BCUT2D eigenvalue weighted by Crippen LogP contribution is -2.18. The van der Waals surface area contributed by atoms with E-state index in [4.69, 9.17) is 0 Å². The van der Waals surface area contributed by atoms with Gasteiger partial charge in [0.15, 0.2) is 0 Å². The zero-order chi connectivity index (χ0) is 11.2. The van der Waals surface area contributed by atoms with Crippen LogP contribution in [0.5, 0.6) is 0 Å². The van der Waals surface area contributed by atoms with Crippen molar-refractivity contribution in [3.8, 4) is 0 Å².